The third-order valence-electron chi connectivity index (χ3n) is 7.84. The van der Waals surface area contributed by atoms with Gasteiger partial charge in [0.1, 0.15) is 6.61 Å². The number of urea groups is 1. The van der Waals surface area contributed by atoms with E-state index in [1.54, 1.807) is 31.3 Å². The van der Waals surface area contributed by atoms with Crippen LogP contribution in [0.2, 0.25) is 0 Å². The van der Waals surface area contributed by atoms with E-state index in [9.17, 15) is 20.0 Å². The maximum Gasteiger partial charge on any atom is 0.337 e. The maximum absolute atomic E-state index is 12.5. The maximum atomic E-state index is 12.5. The Kier molecular flexibility index (Phi) is 10.1. The zero-order valence-corrected chi connectivity index (χ0v) is 26.5. The summed E-state index contributed by atoms with van der Waals surface area (Å²) in [5.41, 5.74) is 8.35. The fourth-order valence-electron chi connectivity index (χ4n) is 5.57. The summed E-state index contributed by atoms with van der Waals surface area (Å²) < 4.78 is 18.7. The van der Waals surface area contributed by atoms with Crippen LogP contribution < -0.4 is 25.5 Å². The fourth-order valence-corrected chi connectivity index (χ4v) is 5.57. The number of hydrogen-bond acceptors (Lipinski definition) is 9. The highest BCUT2D eigenvalue weighted by Gasteiger charge is 2.32. The Hall–Kier alpha value is -5.80. The van der Waals surface area contributed by atoms with Gasteiger partial charge in [0.15, 0.2) is 17.7 Å². The number of hydrogen-bond donors (Lipinski definition) is 4. The first-order valence-electron chi connectivity index (χ1n) is 15.0. The van der Waals surface area contributed by atoms with Crippen LogP contribution in [0.3, 0.4) is 0 Å². The summed E-state index contributed by atoms with van der Waals surface area (Å²) in [5.74, 6) is 0.159. The normalized spacial score (nSPS) is 15.1. The molecule has 0 bridgehead atoms. The lowest BCUT2D eigenvalue weighted by Crippen LogP contribution is -2.45. The average Bonchev–Trinajstić information content (AvgIpc) is 3.33. The Labute approximate surface area is 272 Å². The topological polar surface area (TPSA) is 159 Å². The minimum Gasteiger partial charge on any atom is -0.490 e. The predicted molar refractivity (Wildman–Crippen MR) is 176 cm³/mol. The van der Waals surface area contributed by atoms with Gasteiger partial charge in [-0.2, -0.15) is 10.4 Å². The Bertz CT molecular complexity index is 1910. The van der Waals surface area contributed by atoms with Gasteiger partial charge in [-0.1, -0.05) is 42.5 Å². The van der Waals surface area contributed by atoms with Crippen LogP contribution in [0.1, 0.15) is 47.8 Å². The molecule has 0 saturated heterocycles. The molecule has 47 heavy (non-hydrogen) atoms. The molecule has 0 unspecified atom stereocenters. The number of aromatic nitrogens is 1. The van der Waals surface area contributed by atoms with Crippen LogP contribution in [0.4, 0.5) is 4.79 Å². The van der Waals surface area contributed by atoms with Crippen molar-refractivity contribution in [2.75, 3.05) is 20.3 Å². The van der Waals surface area contributed by atoms with Crippen LogP contribution in [0, 0.1) is 18.3 Å². The molecule has 0 saturated carbocycles. The van der Waals surface area contributed by atoms with Gasteiger partial charge < -0.3 is 34.5 Å². The number of methoxy groups -OCH3 is 1. The molecule has 0 radical (unpaired) electrons. The van der Waals surface area contributed by atoms with Crippen LogP contribution in [0.25, 0.3) is 10.9 Å². The van der Waals surface area contributed by atoms with Crippen molar-refractivity contribution in [3.8, 4) is 17.6 Å². The van der Waals surface area contributed by atoms with Crippen LogP contribution in [0.15, 0.2) is 83.1 Å². The van der Waals surface area contributed by atoms with Crippen molar-refractivity contribution in [1.29, 1.82) is 5.26 Å². The van der Waals surface area contributed by atoms with Gasteiger partial charge >= 0.3 is 12.0 Å². The van der Waals surface area contributed by atoms with Crippen molar-refractivity contribution < 1.29 is 28.9 Å². The minimum atomic E-state index is -1.16. The van der Waals surface area contributed by atoms with Gasteiger partial charge in [-0.15, -0.1) is 0 Å². The van der Waals surface area contributed by atoms with E-state index >= 15 is 0 Å². The minimum absolute atomic E-state index is 0.154. The summed E-state index contributed by atoms with van der Waals surface area (Å²) >= 11 is 0. The zero-order valence-electron chi connectivity index (χ0n) is 26.5. The van der Waals surface area contributed by atoms with Crippen molar-refractivity contribution in [3.05, 3.63) is 106 Å². The summed E-state index contributed by atoms with van der Waals surface area (Å²) in [6, 6.07) is 21.6. The van der Waals surface area contributed by atoms with E-state index < -0.39 is 24.3 Å². The molecule has 2 amide bonds. The van der Waals surface area contributed by atoms with Gasteiger partial charge in [0.05, 0.1) is 43.2 Å². The van der Waals surface area contributed by atoms with Crippen LogP contribution in [-0.4, -0.2) is 54.4 Å². The number of hydrazone groups is 1. The number of ether oxygens (including phenoxy) is 3. The Morgan fingerprint density at radius 2 is 1.89 bits per heavy atom. The van der Waals surface area contributed by atoms with E-state index in [4.69, 9.17) is 14.2 Å². The number of nitrogens with zero attached hydrogens (tertiary/aromatic N) is 3. The molecule has 4 aromatic rings. The number of carbonyl (C=O) groups is 2. The van der Waals surface area contributed by atoms with E-state index in [1.165, 1.54) is 7.11 Å². The quantitative estimate of drug-likeness (QED) is 0.0771. The summed E-state index contributed by atoms with van der Waals surface area (Å²) in [6.07, 6.45) is 0.507. The molecule has 4 N–H and O–H groups in total. The molecule has 1 aliphatic rings. The van der Waals surface area contributed by atoms with Crippen molar-refractivity contribution >= 4 is 29.1 Å². The highest BCUT2D eigenvalue weighted by Crippen LogP contribution is 2.35. The van der Waals surface area contributed by atoms with E-state index in [2.05, 4.69) is 31.8 Å². The first-order chi connectivity index (χ1) is 22.7. The van der Waals surface area contributed by atoms with E-state index in [0.29, 0.717) is 41.5 Å². The van der Waals surface area contributed by atoms with Crippen LogP contribution in [0.5, 0.6) is 11.5 Å². The number of rotatable bonds is 12. The first-order valence-corrected chi connectivity index (χ1v) is 15.0. The second-order valence-corrected chi connectivity index (χ2v) is 10.8. The first kappa shape index (κ1) is 32.6. The number of para-hydroxylation sites is 1. The zero-order chi connectivity index (χ0) is 33.5. The number of esters is 1. The Balaban J connectivity index is 1.29. The molecule has 1 aromatic heterocycles. The molecule has 5 rings (SSSR count). The fraction of sp³-hybridized carbons (Fsp3) is 0.257. The van der Waals surface area contributed by atoms with E-state index in [-0.39, 0.29) is 12.2 Å². The molecular formula is C35H36N6O6. The summed E-state index contributed by atoms with van der Waals surface area (Å²) in [6.45, 7) is 6.15. The van der Waals surface area contributed by atoms with Crippen LogP contribution in [-0.2, 0) is 16.1 Å². The van der Waals surface area contributed by atoms with Gasteiger partial charge in [-0.25, -0.2) is 9.59 Å². The predicted octanol–water partition coefficient (Wildman–Crippen LogP) is 4.39. The van der Waals surface area contributed by atoms with Crippen molar-refractivity contribution in [2.24, 2.45) is 5.10 Å². The number of benzene rings is 3. The van der Waals surface area contributed by atoms with Crippen molar-refractivity contribution in [3.63, 3.8) is 0 Å². The number of nitriles is 1. The molecule has 2 atom stereocenters. The van der Waals surface area contributed by atoms with Crippen LogP contribution >= 0.6 is 0 Å². The highest BCUT2D eigenvalue weighted by molar-refractivity contribution is 6.01. The number of carbonyl (C=O) groups excluding carboxylic acids is 2. The van der Waals surface area contributed by atoms with Gasteiger partial charge in [-0.05, 0) is 56.2 Å². The molecule has 0 spiro atoms. The molecule has 12 nitrogen and oxygen atoms in total. The van der Waals surface area contributed by atoms with Gasteiger partial charge in [0.2, 0.25) is 0 Å². The number of allylic oxidation sites excluding steroid dienone is 1. The largest absolute Gasteiger partial charge is 0.490 e. The van der Waals surface area contributed by atoms with Gasteiger partial charge in [-0.3, -0.25) is 5.43 Å². The molecule has 3 aromatic carbocycles. The molecule has 242 valence electrons. The Morgan fingerprint density at radius 1 is 1.13 bits per heavy atom. The third kappa shape index (κ3) is 7.05. The summed E-state index contributed by atoms with van der Waals surface area (Å²) in [7, 11) is 1.28. The van der Waals surface area contributed by atoms with Crippen molar-refractivity contribution in [2.45, 2.75) is 39.6 Å². The average molecular weight is 637 g/mol. The molecule has 0 fully saturated rings. The second-order valence-electron chi connectivity index (χ2n) is 10.8. The van der Waals surface area contributed by atoms with Gasteiger partial charge in [0.25, 0.3) is 0 Å². The number of aliphatic hydroxyl groups excluding tert-OH is 1. The number of aliphatic hydroxyl groups is 1. The standard InChI is InChI=1S/C35H36N6O6/c1-5-46-30-16-23(33-32(34(43)45-4)21(2)38-35(44)39-33)14-15-29(30)47-20-31(42)40-37-18-27-22(3)41(28-13-9-8-12-26(27)28)19-25-11-7-6-10-24(25)17-36/h6-16,18,31,33,40,42H,5,19-20H2,1-4H3,(H2,38,39,44)/b37-18+/t31-,33+/m0/s1. The number of nitrogens with one attached hydrogen (secondary N) is 3. The second kappa shape index (κ2) is 14.5. The monoisotopic (exact) mass is 636 g/mol. The Morgan fingerprint density at radius 3 is 2.66 bits per heavy atom. The van der Waals surface area contributed by atoms with E-state index in [0.717, 1.165) is 27.7 Å². The summed E-state index contributed by atoms with van der Waals surface area (Å²) in [5, 5.41) is 30.9. The summed E-state index contributed by atoms with van der Waals surface area (Å²) in [4.78, 5) is 24.7. The molecule has 12 heteroatoms. The number of fused-ring (bicyclic) bond motifs is 1. The molecule has 2 heterocycles. The lowest BCUT2D eigenvalue weighted by molar-refractivity contribution is -0.136. The lowest BCUT2D eigenvalue weighted by Gasteiger charge is -2.28. The number of amides is 2. The molecule has 1 aliphatic heterocycles. The van der Waals surface area contributed by atoms with Gasteiger partial charge in [0, 0.05) is 34.4 Å². The molecular weight excluding hydrogens is 600 g/mol. The third-order valence-corrected chi connectivity index (χ3v) is 7.84. The lowest BCUT2D eigenvalue weighted by atomic mass is 9.95. The van der Waals surface area contributed by atoms with E-state index in [1.807, 2.05) is 62.4 Å². The van der Waals surface area contributed by atoms with Crippen molar-refractivity contribution in [1.82, 2.24) is 20.6 Å². The SMILES string of the molecule is CCOc1cc([C@H]2NC(=O)NC(C)=C2C(=O)OC)ccc1OC[C@H](O)N/N=C/c1c(C)n(Cc2ccccc2C#N)c2ccccc12. The molecule has 0 aliphatic carbocycles. The smallest absolute Gasteiger partial charge is 0.337 e. The highest BCUT2D eigenvalue weighted by atomic mass is 16.5.